The molecule has 0 spiro atoms. The maximum Gasteiger partial charge on any atom is 0.225 e. The van der Waals surface area contributed by atoms with Crippen molar-refractivity contribution in [1.29, 1.82) is 0 Å². The molecule has 0 radical (unpaired) electrons. The van der Waals surface area contributed by atoms with Crippen LogP contribution in [0.2, 0.25) is 0 Å². The van der Waals surface area contributed by atoms with E-state index in [0.717, 1.165) is 38.3 Å². The lowest BCUT2D eigenvalue weighted by Crippen LogP contribution is -2.48. The minimum absolute atomic E-state index is 0.301. The normalized spacial score (nSPS) is 36.3. The topological polar surface area (TPSA) is 46.3 Å². The maximum absolute atomic E-state index is 12.6. The Hall–Kier alpha value is -0.570. The first-order valence-corrected chi connectivity index (χ1v) is 8.14. The molecule has 1 saturated carbocycles. The molecule has 2 unspecified atom stereocenters. The van der Waals surface area contributed by atoms with Gasteiger partial charge >= 0.3 is 0 Å². The number of amides is 1. The number of nitrogens with two attached hydrogens (primary N) is 1. The van der Waals surface area contributed by atoms with E-state index in [1.165, 1.54) is 19.3 Å². The van der Waals surface area contributed by atoms with Gasteiger partial charge in [0, 0.05) is 19.0 Å². The highest BCUT2D eigenvalue weighted by atomic mass is 16.2. The quantitative estimate of drug-likeness (QED) is 0.853. The van der Waals surface area contributed by atoms with Crippen molar-refractivity contribution in [3.63, 3.8) is 0 Å². The molecule has 2 rings (SSSR count). The molecule has 0 aromatic carbocycles. The van der Waals surface area contributed by atoms with Crippen molar-refractivity contribution in [2.75, 3.05) is 19.6 Å². The lowest BCUT2D eigenvalue weighted by molar-refractivity contribution is -0.139. The van der Waals surface area contributed by atoms with Gasteiger partial charge in [-0.2, -0.15) is 0 Å². The van der Waals surface area contributed by atoms with Gasteiger partial charge in [-0.3, -0.25) is 4.79 Å². The zero-order chi connectivity index (χ0) is 13.8. The van der Waals surface area contributed by atoms with Gasteiger partial charge in [-0.25, -0.2) is 0 Å². The molecule has 110 valence electrons. The minimum atomic E-state index is 0.301. The fourth-order valence-electron chi connectivity index (χ4n) is 3.73. The van der Waals surface area contributed by atoms with Crippen LogP contribution >= 0.6 is 0 Å². The summed E-state index contributed by atoms with van der Waals surface area (Å²) in [5.41, 5.74) is 5.83. The lowest BCUT2D eigenvalue weighted by Gasteiger charge is -2.39. The van der Waals surface area contributed by atoms with E-state index >= 15 is 0 Å². The third-order valence-corrected chi connectivity index (χ3v) is 5.50. The molecule has 0 aromatic rings. The van der Waals surface area contributed by atoms with Crippen LogP contribution in [0, 0.1) is 23.7 Å². The highest BCUT2D eigenvalue weighted by Gasteiger charge is 2.33. The molecular formula is C16H30N2O. The number of carbonyl (C=O) groups excluding carboxylic acids is 1. The third kappa shape index (κ3) is 3.50. The van der Waals surface area contributed by atoms with Crippen LogP contribution in [0.1, 0.15) is 52.4 Å². The Morgan fingerprint density at radius 1 is 1.21 bits per heavy atom. The predicted octanol–water partition coefficient (Wildman–Crippen LogP) is 2.65. The van der Waals surface area contributed by atoms with Crippen molar-refractivity contribution in [3.05, 3.63) is 0 Å². The van der Waals surface area contributed by atoms with Crippen molar-refractivity contribution in [2.45, 2.75) is 52.4 Å². The van der Waals surface area contributed by atoms with E-state index in [2.05, 4.69) is 18.7 Å². The van der Waals surface area contributed by atoms with Gasteiger partial charge in [0.15, 0.2) is 0 Å². The number of carbonyl (C=O) groups is 1. The summed E-state index contributed by atoms with van der Waals surface area (Å²) in [4.78, 5) is 14.7. The number of likely N-dealkylation sites (tertiary alicyclic amines) is 1. The van der Waals surface area contributed by atoms with Crippen LogP contribution in [-0.4, -0.2) is 30.4 Å². The van der Waals surface area contributed by atoms with E-state index in [9.17, 15) is 4.79 Å². The molecule has 2 aliphatic rings. The molecule has 0 aromatic heterocycles. The molecule has 1 saturated heterocycles. The highest BCUT2D eigenvalue weighted by Crippen LogP contribution is 2.33. The zero-order valence-corrected chi connectivity index (χ0v) is 12.6. The summed E-state index contributed by atoms with van der Waals surface area (Å²) in [5.74, 6) is 2.76. The van der Waals surface area contributed by atoms with Crippen LogP contribution in [0.4, 0.5) is 0 Å². The summed E-state index contributed by atoms with van der Waals surface area (Å²) >= 11 is 0. The van der Waals surface area contributed by atoms with Crippen molar-refractivity contribution in [1.82, 2.24) is 4.90 Å². The fraction of sp³-hybridized carbons (Fsp3) is 0.938. The molecule has 2 N–H and O–H groups in total. The van der Waals surface area contributed by atoms with E-state index in [1.54, 1.807) is 0 Å². The van der Waals surface area contributed by atoms with Gasteiger partial charge in [-0.05, 0) is 56.4 Å². The van der Waals surface area contributed by atoms with Gasteiger partial charge in [0.1, 0.15) is 0 Å². The molecule has 2 atom stereocenters. The molecule has 1 aliphatic carbocycles. The Bertz CT molecular complexity index is 297. The summed E-state index contributed by atoms with van der Waals surface area (Å²) in [6.45, 7) is 7.10. The van der Waals surface area contributed by atoms with Gasteiger partial charge in [0.05, 0.1) is 0 Å². The lowest BCUT2D eigenvalue weighted by atomic mass is 9.79. The molecule has 2 fully saturated rings. The van der Waals surface area contributed by atoms with Crippen molar-refractivity contribution in [2.24, 2.45) is 29.4 Å². The van der Waals surface area contributed by atoms with Gasteiger partial charge in [-0.1, -0.05) is 20.3 Å². The molecule has 1 aliphatic heterocycles. The number of hydrogen-bond acceptors (Lipinski definition) is 2. The Kier molecular flexibility index (Phi) is 5.26. The van der Waals surface area contributed by atoms with Crippen LogP contribution in [0.5, 0.6) is 0 Å². The van der Waals surface area contributed by atoms with Crippen LogP contribution in [-0.2, 0) is 4.79 Å². The number of rotatable bonds is 3. The minimum Gasteiger partial charge on any atom is -0.342 e. The first-order chi connectivity index (χ1) is 9.15. The Balaban J connectivity index is 1.86. The maximum atomic E-state index is 12.6. The molecule has 19 heavy (non-hydrogen) atoms. The molecular weight excluding hydrogens is 236 g/mol. The molecule has 3 nitrogen and oxygen atoms in total. The predicted molar refractivity (Wildman–Crippen MR) is 78.6 cm³/mol. The largest absolute Gasteiger partial charge is 0.342 e. The van der Waals surface area contributed by atoms with Crippen LogP contribution < -0.4 is 5.73 Å². The second-order valence-electron chi connectivity index (χ2n) is 6.67. The van der Waals surface area contributed by atoms with Gasteiger partial charge < -0.3 is 10.6 Å². The first kappa shape index (κ1) is 14.8. The molecule has 1 heterocycles. The summed E-state index contributed by atoms with van der Waals surface area (Å²) in [5, 5.41) is 0. The first-order valence-electron chi connectivity index (χ1n) is 8.14. The number of hydrogen-bond donors (Lipinski definition) is 1. The molecule has 0 bridgehead atoms. The van der Waals surface area contributed by atoms with E-state index < -0.39 is 0 Å². The van der Waals surface area contributed by atoms with E-state index in [1.807, 2.05) is 0 Å². The van der Waals surface area contributed by atoms with E-state index in [0.29, 0.717) is 30.2 Å². The second kappa shape index (κ2) is 6.74. The SMILES string of the molecule is CCC1CCC(C(=O)N2CCC(C)C(CN)C2)CC1. The Morgan fingerprint density at radius 2 is 1.89 bits per heavy atom. The standard InChI is InChI=1S/C16H30N2O/c1-3-13-4-6-14(7-5-13)16(19)18-9-8-12(2)15(10-17)11-18/h12-15H,3-11,17H2,1-2H3. The van der Waals surface area contributed by atoms with Gasteiger partial charge in [0.2, 0.25) is 5.91 Å². The fourth-order valence-corrected chi connectivity index (χ4v) is 3.73. The van der Waals surface area contributed by atoms with Crippen LogP contribution in [0.15, 0.2) is 0 Å². The molecule has 1 amide bonds. The van der Waals surface area contributed by atoms with Crippen molar-refractivity contribution in [3.8, 4) is 0 Å². The Labute approximate surface area is 117 Å². The smallest absolute Gasteiger partial charge is 0.225 e. The summed E-state index contributed by atoms with van der Waals surface area (Å²) < 4.78 is 0. The summed E-state index contributed by atoms with van der Waals surface area (Å²) in [6.07, 6.45) is 7.11. The van der Waals surface area contributed by atoms with E-state index in [4.69, 9.17) is 5.73 Å². The summed E-state index contributed by atoms with van der Waals surface area (Å²) in [7, 11) is 0. The van der Waals surface area contributed by atoms with E-state index in [-0.39, 0.29) is 0 Å². The van der Waals surface area contributed by atoms with Crippen molar-refractivity contribution >= 4 is 5.91 Å². The monoisotopic (exact) mass is 266 g/mol. The van der Waals surface area contributed by atoms with Crippen molar-refractivity contribution < 1.29 is 4.79 Å². The number of piperidine rings is 1. The average molecular weight is 266 g/mol. The van der Waals surface area contributed by atoms with Gasteiger partial charge in [0.25, 0.3) is 0 Å². The highest BCUT2D eigenvalue weighted by molar-refractivity contribution is 5.79. The van der Waals surface area contributed by atoms with Crippen LogP contribution in [0.3, 0.4) is 0 Å². The zero-order valence-electron chi connectivity index (χ0n) is 12.6. The number of nitrogens with zero attached hydrogens (tertiary/aromatic N) is 1. The second-order valence-corrected chi connectivity index (χ2v) is 6.67. The van der Waals surface area contributed by atoms with Crippen LogP contribution in [0.25, 0.3) is 0 Å². The molecule has 3 heteroatoms. The average Bonchev–Trinajstić information content (AvgIpc) is 2.47. The summed E-state index contributed by atoms with van der Waals surface area (Å²) in [6, 6.07) is 0. The Morgan fingerprint density at radius 3 is 2.47 bits per heavy atom. The van der Waals surface area contributed by atoms with Gasteiger partial charge in [-0.15, -0.1) is 0 Å². The third-order valence-electron chi connectivity index (χ3n) is 5.50.